The lowest BCUT2D eigenvalue weighted by Crippen LogP contribution is -2.48. The Bertz CT molecular complexity index is 471. The van der Waals surface area contributed by atoms with E-state index in [9.17, 15) is 4.79 Å². The number of halogens is 2. The summed E-state index contributed by atoms with van der Waals surface area (Å²) in [6, 6.07) is 5.61. The SMILES string of the molecule is CCCC(=O)N1CCN(Cc2ccc(Cl)cc2Cl)CC1. The third-order valence-corrected chi connectivity index (χ3v) is 4.18. The van der Waals surface area contributed by atoms with Gasteiger partial charge >= 0.3 is 0 Å². The highest BCUT2D eigenvalue weighted by atomic mass is 35.5. The molecule has 0 atom stereocenters. The van der Waals surface area contributed by atoms with E-state index < -0.39 is 0 Å². The van der Waals surface area contributed by atoms with Gasteiger partial charge in [0.1, 0.15) is 0 Å². The fraction of sp³-hybridized carbons (Fsp3) is 0.533. The van der Waals surface area contributed by atoms with E-state index in [2.05, 4.69) is 4.90 Å². The molecule has 1 aliphatic heterocycles. The minimum Gasteiger partial charge on any atom is -0.340 e. The summed E-state index contributed by atoms with van der Waals surface area (Å²) in [6.07, 6.45) is 1.57. The normalized spacial score (nSPS) is 16.4. The van der Waals surface area contributed by atoms with Crippen LogP contribution in [0.4, 0.5) is 0 Å². The fourth-order valence-electron chi connectivity index (χ4n) is 2.42. The number of piperazine rings is 1. The molecular formula is C15H20Cl2N2O. The van der Waals surface area contributed by atoms with Gasteiger partial charge in [0, 0.05) is 49.2 Å². The van der Waals surface area contributed by atoms with Gasteiger partial charge in [-0.25, -0.2) is 0 Å². The highest BCUT2D eigenvalue weighted by Crippen LogP contribution is 2.22. The number of hydrogen-bond donors (Lipinski definition) is 0. The van der Waals surface area contributed by atoms with Crippen molar-refractivity contribution in [2.45, 2.75) is 26.3 Å². The predicted molar refractivity (Wildman–Crippen MR) is 83.2 cm³/mol. The zero-order valence-corrected chi connectivity index (χ0v) is 13.3. The Labute approximate surface area is 130 Å². The standard InChI is InChI=1S/C15H20Cl2N2O/c1-2-3-15(20)19-8-6-18(7-9-19)11-12-4-5-13(16)10-14(12)17/h4-5,10H,2-3,6-9,11H2,1H3. The lowest BCUT2D eigenvalue weighted by atomic mass is 10.2. The molecule has 0 spiro atoms. The molecule has 1 heterocycles. The zero-order chi connectivity index (χ0) is 14.5. The van der Waals surface area contributed by atoms with Gasteiger partial charge in [-0.3, -0.25) is 9.69 Å². The summed E-state index contributed by atoms with van der Waals surface area (Å²) in [5, 5.41) is 1.37. The monoisotopic (exact) mass is 314 g/mol. The minimum absolute atomic E-state index is 0.275. The summed E-state index contributed by atoms with van der Waals surface area (Å²) in [5.41, 5.74) is 1.09. The topological polar surface area (TPSA) is 23.6 Å². The van der Waals surface area contributed by atoms with E-state index in [1.54, 1.807) is 6.07 Å². The second kappa shape index (κ2) is 7.30. The molecule has 0 radical (unpaired) electrons. The Morgan fingerprint density at radius 2 is 1.90 bits per heavy atom. The lowest BCUT2D eigenvalue weighted by molar-refractivity contribution is -0.133. The molecule has 1 aromatic carbocycles. The van der Waals surface area contributed by atoms with Crippen LogP contribution in [0.5, 0.6) is 0 Å². The Morgan fingerprint density at radius 3 is 2.50 bits per heavy atom. The largest absolute Gasteiger partial charge is 0.340 e. The van der Waals surface area contributed by atoms with Crippen LogP contribution in [-0.2, 0) is 11.3 Å². The Balaban J connectivity index is 1.86. The van der Waals surface area contributed by atoms with E-state index in [1.807, 2.05) is 24.0 Å². The van der Waals surface area contributed by atoms with Crippen LogP contribution in [0.3, 0.4) is 0 Å². The Morgan fingerprint density at radius 1 is 1.20 bits per heavy atom. The fourth-order valence-corrected chi connectivity index (χ4v) is 2.89. The van der Waals surface area contributed by atoms with Gasteiger partial charge in [0.2, 0.25) is 5.91 Å². The predicted octanol–water partition coefficient (Wildman–Crippen LogP) is 3.44. The third-order valence-electron chi connectivity index (χ3n) is 3.60. The molecule has 0 saturated carbocycles. The van der Waals surface area contributed by atoms with Crippen LogP contribution >= 0.6 is 23.2 Å². The summed E-state index contributed by atoms with van der Waals surface area (Å²) in [5.74, 6) is 0.275. The van der Waals surface area contributed by atoms with Gasteiger partial charge in [0.15, 0.2) is 0 Å². The van der Waals surface area contributed by atoms with E-state index in [4.69, 9.17) is 23.2 Å². The van der Waals surface area contributed by atoms with Crippen molar-refractivity contribution in [3.63, 3.8) is 0 Å². The van der Waals surface area contributed by atoms with Crippen LogP contribution in [0.25, 0.3) is 0 Å². The summed E-state index contributed by atoms with van der Waals surface area (Å²) in [4.78, 5) is 16.1. The van der Waals surface area contributed by atoms with Crippen molar-refractivity contribution in [3.05, 3.63) is 33.8 Å². The first-order chi connectivity index (χ1) is 9.60. The van der Waals surface area contributed by atoms with Crippen molar-refractivity contribution in [1.82, 2.24) is 9.80 Å². The molecule has 0 bridgehead atoms. The van der Waals surface area contributed by atoms with Gasteiger partial charge in [-0.2, -0.15) is 0 Å². The molecule has 110 valence electrons. The lowest BCUT2D eigenvalue weighted by Gasteiger charge is -2.35. The maximum atomic E-state index is 11.8. The Hall–Kier alpha value is -0.770. The Kier molecular flexibility index (Phi) is 5.70. The van der Waals surface area contributed by atoms with E-state index in [0.717, 1.165) is 44.7 Å². The van der Waals surface area contributed by atoms with Gasteiger partial charge in [-0.1, -0.05) is 36.2 Å². The number of benzene rings is 1. The highest BCUT2D eigenvalue weighted by Gasteiger charge is 2.20. The molecule has 3 nitrogen and oxygen atoms in total. The van der Waals surface area contributed by atoms with E-state index in [-0.39, 0.29) is 5.91 Å². The molecule has 2 rings (SSSR count). The number of nitrogens with zero attached hydrogens (tertiary/aromatic N) is 2. The van der Waals surface area contributed by atoms with Gasteiger partial charge in [-0.05, 0) is 24.1 Å². The summed E-state index contributed by atoms with van der Waals surface area (Å²) < 4.78 is 0. The van der Waals surface area contributed by atoms with Crippen LogP contribution in [-0.4, -0.2) is 41.9 Å². The van der Waals surface area contributed by atoms with Crippen LogP contribution < -0.4 is 0 Å². The first-order valence-corrected chi connectivity index (χ1v) is 7.80. The molecule has 1 aromatic rings. The summed E-state index contributed by atoms with van der Waals surface area (Å²) in [6.45, 7) is 6.26. The molecular weight excluding hydrogens is 295 g/mol. The van der Waals surface area contributed by atoms with E-state index >= 15 is 0 Å². The first-order valence-electron chi connectivity index (χ1n) is 7.04. The molecule has 1 aliphatic rings. The molecule has 1 amide bonds. The number of carbonyl (C=O) groups excluding carboxylic acids is 1. The van der Waals surface area contributed by atoms with Gasteiger partial charge in [0.05, 0.1) is 0 Å². The van der Waals surface area contributed by atoms with Crippen molar-refractivity contribution in [2.75, 3.05) is 26.2 Å². The molecule has 0 aromatic heterocycles. The molecule has 1 fully saturated rings. The number of amides is 1. The van der Waals surface area contributed by atoms with Crippen LogP contribution in [0.2, 0.25) is 10.0 Å². The van der Waals surface area contributed by atoms with Gasteiger partial charge in [0.25, 0.3) is 0 Å². The number of carbonyl (C=O) groups is 1. The van der Waals surface area contributed by atoms with Crippen molar-refractivity contribution in [3.8, 4) is 0 Å². The average Bonchev–Trinajstić information content (AvgIpc) is 2.43. The number of hydrogen-bond acceptors (Lipinski definition) is 2. The number of rotatable bonds is 4. The molecule has 20 heavy (non-hydrogen) atoms. The highest BCUT2D eigenvalue weighted by molar-refractivity contribution is 6.35. The summed E-state index contributed by atoms with van der Waals surface area (Å²) >= 11 is 12.1. The maximum absolute atomic E-state index is 11.8. The van der Waals surface area contributed by atoms with Gasteiger partial charge < -0.3 is 4.90 Å². The minimum atomic E-state index is 0.275. The van der Waals surface area contributed by atoms with Crippen LogP contribution in [0, 0.1) is 0 Å². The van der Waals surface area contributed by atoms with E-state index in [1.165, 1.54) is 0 Å². The van der Waals surface area contributed by atoms with E-state index in [0.29, 0.717) is 16.5 Å². The quantitative estimate of drug-likeness (QED) is 0.850. The third kappa shape index (κ3) is 4.11. The molecule has 5 heteroatoms. The first kappa shape index (κ1) is 15.6. The molecule has 0 N–H and O–H groups in total. The van der Waals surface area contributed by atoms with Crippen molar-refractivity contribution in [1.29, 1.82) is 0 Å². The smallest absolute Gasteiger partial charge is 0.222 e. The van der Waals surface area contributed by atoms with Crippen molar-refractivity contribution >= 4 is 29.1 Å². The average molecular weight is 315 g/mol. The second-order valence-electron chi connectivity index (χ2n) is 5.14. The van der Waals surface area contributed by atoms with Crippen molar-refractivity contribution < 1.29 is 4.79 Å². The maximum Gasteiger partial charge on any atom is 0.222 e. The second-order valence-corrected chi connectivity index (χ2v) is 5.99. The summed E-state index contributed by atoms with van der Waals surface area (Å²) in [7, 11) is 0. The zero-order valence-electron chi connectivity index (χ0n) is 11.7. The van der Waals surface area contributed by atoms with Crippen molar-refractivity contribution in [2.24, 2.45) is 0 Å². The van der Waals surface area contributed by atoms with Crippen LogP contribution in [0.1, 0.15) is 25.3 Å². The van der Waals surface area contributed by atoms with Crippen LogP contribution in [0.15, 0.2) is 18.2 Å². The molecule has 0 aliphatic carbocycles. The molecule has 1 saturated heterocycles. The molecule has 0 unspecified atom stereocenters. The van der Waals surface area contributed by atoms with Gasteiger partial charge in [-0.15, -0.1) is 0 Å².